The van der Waals surface area contributed by atoms with Crippen LogP contribution in [0.15, 0.2) is 110 Å². The van der Waals surface area contributed by atoms with Gasteiger partial charge in [0.15, 0.2) is 6.29 Å². The minimum absolute atomic E-state index is 0.00436. The summed E-state index contributed by atoms with van der Waals surface area (Å²) in [6, 6.07) is 31.3. The fourth-order valence-corrected chi connectivity index (χ4v) is 5.89. The molecule has 9 heteroatoms. The van der Waals surface area contributed by atoms with Crippen LogP contribution >= 0.6 is 0 Å². The Hall–Kier alpha value is -4.80. The predicted molar refractivity (Wildman–Crippen MR) is 193 cm³/mol. The van der Waals surface area contributed by atoms with E-state index in [1.807, 2.05) is 66.7 Å². The number of carbonyl (C=O) groups excluding carboxylic acids is 2. The topological polar surface area (TPSA) is 126 Å². The van der Waals surface area contributed by atoms with Crippen LogP contribution in [0.5, 0.6) is 0 Å². The molecule has 0 spiro atoms. The van der Waals surface area contributed by atoms with E-state index in [2.05, 4.69) is 47.4 Å². The van der Waals surface area contributed by atoms with Gasteiger partial charge >= 0.3 is 0 Å². The molecule has 0 saturated carbocycles. The molecule has 0 radical (unpaired) electrons. The van der Waals surface area contributed by atoms with Gasteiger partial charge < -0.3 is 35.8 Å². The second kappa shape index (κ2) is 17.6. The zero-order valence-electron chi connectivity index (χ0n) is 28.0. The second-order valence-electron chi connectivity index (χ2n) is 12.4. The number of amides is 2. The van der Waals surface area contributed by atoms with Gasteiger partial charge in [0.05, 0.1) is 30.2 Å². The van der Waals surface area contributed by atoms with Crippen molar-refractivity contribution in [2.24, 2.45) is 0 Å². The van der Waals surface area contributed by atoms with Crippen molar-refractivity contribution in [1.29, 1.82) is 0 Å². The molecule has 1 saturated heterocycles. The fraction of sp³-hybridized carbons (Fsp3) is 0.300. The van der Waals surface area contributed by atoms with E-state index in [1.54, 1.807) is 18.2 Å². The van der Waals surface area contributed by atoms with Gasteiger partial charge in [-0.3, -0.25) is 9.59 Å². The molecule has 2 amide bonds. The SMILES string of the molecule is C=CCN(C)CC1CC(c2ccc(CO)cc2)OC(c2ccc(-c3cccc(CNC(=O)CCCC(=O)Nc4ccccc4N)c3)cc2)O1. The Morgan fingerprint density at radius 3 is 2.37 bits per heavy atom. The van der Waals surface area contributed by atoms with E-state index >= 15 is 0 Å². The van der Waals surface area contributed by atoms with Crippen molar-refractivity contribution in [2.45, 2.75) is 57.3 Å². The normalized spacial score (nSPS) is 17.4. The molecule has 3 atom stereocenters. The largest absolute Gasteiger partial charge is 0.397 e. The predicted octanol–water partition coefficient (Wildman–Crippen LogP) is 6.52. The summed E-state index contributed by atoms with van der Waals surface area (Å²) in [7, 11) is 2.06. The lowest BCUT2D eigenvalue weighted by Gasteiger charge is -2.37. The van der Waals surface area contributed by atoms with E-state index in [0.29, 0.717) is 24.3 Å². The molecule has 256 valence electrons. The van der Waals surface area contributed by atoms with Gasteiger partial charge in [-0.2, -0.15) is 0 Å². The highest BCUT2D eigenvalue weighted by Crippen LogP contribution is 2.38. The van der Waals surface area contributed by atoms with Gasteiger partial charge in [0, 0.05) is 44.5 Å². The summed E-state index contributed by atoms with van der Waals surface area (Å²) in [6.45, 7) is 5.77. The van der Waals surface area contributed by atoms with E-state index in [1.165, 1.54) is 0 Å². The summed E-state index contributed by atoms with van der Waals surface area (Å²) in [5, 5.41) is 15.2. The van der Waals surface area contributed by atoms with Crippen LogP contribution in [0, 0.1) is 0 Å². The molecule has 0 aliphatic carbocycles. The molecular formula is C40H46N4O5. The van der Waals surface area contributed by atoms with Gasteiger partial charge in [-0.05, 0) is 59.5 Å². The number of aliphatic hydroxyl groups excluding tert-OH is 1. The Bertz CT molecular complexity index is 1690. The fourth-order valence-electron chi connectivity index (χ4n) is 5.89. The number of likely N-dealkylation sites (N-methyl/N-ethyl adjacent to an activating group) is 1. The zero-order chi connectivity index (χ0) is 34.6. The van der Waals surface area contributed by atoms with Gasteiger partial charge in [-0.15, -0.1) is 6.58 Å². The van der Waals surface area contributed by atoms with Crippen molar-refractivity contribution >= 4 is 23.2 Å². The number of ether oxygens (including phenoxy) is 2. The first kappa shape index (κ1) is 35.5. The Kier molecular flexibility index (Phi) is 12.7. The average Bonchev–Trinajstić information content (AvgIpc) is 3.12. The van der Waals surface area contributed by atoms with Crippen molar-refractivity contribution < 1.29 is 24.2 Å². The molecule has 0 aromatic heterocycles. The summed E-state index contributed by atoms with van der Waals surface area (Å²) in [5.41, 5.74) is 12.9. The third-order valence-electron chi connectivity index (χ3n) is 8.55. The summed E-state index contributed by atoms with van der Waals surface area (Å²) < 4.78 is 13.0. The Morgan fingerprint density at radius 1 is 0.898 bits per heavy atom. The molecule has 1 aliphatic heterocycles. The van der Waals surface area contributed by atoms with Crippen molar-refractivity contribution in [3.05, 3.63) is 132 Å². The number of nitrogens with one attached hydrogen (secondary N) is 2. The van der Waals surface area contributed by atoms with Gasteiger partial charge in [0.25, 0.3) is 0 Å². The minimum atomic E-state index is -0.531. The summed E-state index contributed by atoms with van der Waals surface area (Å²) in [5.74, 6) is -0.277. The zero-order valence-corrected chi connectivity index (χ0v) is 28.0. The molecule has 5 N–H and O–H groups in total. The van der Waals surface area contributed by atoms with Crippen molar-refractivity contribution in [1.82, 2.24) is 10.2 Å². The van der Waals surface area contributed by atoms with E-state index in [-0.39, 0.29) is 43.5 Å². The number of nitrogens with zero attached hydrogens (tertiary/aromatic N) is 1. The summed E-state index contributed by atoms with van der Waals surface area (Å²) in [6.07, 6.45) is 2.81. The first-order valence-electron chi connectivity index (χ1n) is 16.7. The summed E-state index contributed by atoms with van der Waals surface area (Å²) >= 11 is 0. The van der Waals surface area contributed by atoms with Crippen LogP contribution in [0.2, 0.25) is 0 Å². The maximum absolute atomic E-state index is 12.5. The van der Waals surface area contributed by atoms with Gasteiger partial charge in [-0.1, -0.05) is 84.9 Å². The number of para-hydroxylation sites is 2. The van der Waals surface area contributed by atoms with Crippen molar-refractivity contribution in [2.75, 3.05) is 31.2 Å². The molecule has 1 heterocycles. The molecule has 49 heavy (non-hydrogen) atoms. The maximum atomic E-state index is 12.5. The molecule has 4 aromatic carbocycles. The lowest BCUT2D eigenvalue weighted by Crippen LogP contribution is -2.37. The lowest BCUT2D eigenvalue weighted by molar-refractivity contribution is -0.252. The Labute approximate surface area is 288 Å². The van der Waals surface area contributed by atoms with Crippen molar-refractivity contribution in [3.8, 4) is 11.1 Å². The van der Waals surface area contributed by atoms with Crippen LogP contribution in [0.4, 0.5) is 11.4 Å². The molecule has 9 nitrogen and oxygen atoms in total. The first-order chi connectivity index (χ1) is 23.8. The number of hydrogen-bond donors (Lipinski definition) is 4. The number of nitrogens with two attached hydrogens (primary N) is 1. The minimum Gasteiger partial charge on any atom is -0.397 e. The quantitative estimate of drug-likeness (QED) is 0.0844. The molecule has 5 rings (SSSR count). The number of carbonyl (C=O) groups is 2. The number of anilines is 2. The average molecular weight is 663 g/mol. The van der Waals surface area contributed by atoms with E-state index in [9.17, 15) is 14.7 Å². The highest BCUT2D eigenvalue weighted by molar-refractivity contribution is 5.94. The van der Waals surface area contributed by atoms with Gasteiger partial charge in [0.2, 0.25) is 11.8 Å². The second-order valence-corrected chi connectivity index (χ2v) is 12.4. The number of nitrogen functional groups attached to an aromatic ring is 1. The monoisotopic (exact) mass is 662 g/mol. The van der Waals surface area contributed by atoms with Crippen LogP contribution < -0.4 is 16.4 Å². The lowest BCUT2D eigenvalue weighted by atomic mass is 9.99. The van der Waals surface area contributed by atoms with Crippen LogP contribution in [0.1, 0.15) is 60.3 Å². The molecule has 1 aliphatic rings. The number of aliphatic hydroxyl groups is 1. The Balaban J connectivity index is 1.16. The maximum Gasteiger partial charge on any atom is 0.224 e. The first-order valence-corrected chi connectivity index (χ1v) is 16.7. The Morgan fingerprint density at radius 2 is 1.63 bits per heavy atom. The molecule has 1 fully saturated rings. The number of hydrogen-bond acceptors (Lipinski definition) is 7. The van der Waals surface area contributed by atoms with E-state index in [0.717, 1.165) is 52.9 Å². The number of benzene rings is 4. The van der Waals surface area contributed by atoms with Crippen LogP contribution in [-0.2, 0) is 32.2 Å². The molecule has 4 aromatic rings. The molecule has 3 unspecified atom stereocenters. The smallest absolute Gasteiger partial charge is 0.224 e. The standard InChI is InChI=1S/C40H46N4O5/c1-3-22-44(2)26-34-24-37(31-16-14-28(27-45)15-17-31)49-40(48-34)32-20-18-30(19-21-32)33-9-6-8-29(23-33)25-42-38(46)12-7-13-39(47)43-36-11-5-4-10-35(36)41/h3-6,8-11,14-21,23,34,37,40,45H,1,7,12-13,22,24-27,41H2,2H3,(H,42,46)(H,43,47). The highest BCUT2D eigenvalue weighted by atomic mass is 16.7. The van der Waals surface area contributed by atoms with E-state index < -0.39 is 6.29 Å². The molecule has 0 bridgehead atoms. The molecular weight excluding hydrogens is 616 g/mol. The summed E-state index contributed by atoms with van der Waals surface area (Å²) in [4.78, 5) is 26.9. The third kappa shape index (κ3) is 10.3. The van der Waals surface area contributed by atoms with Crippen LogP contribution in [0.25, 0.3) is 11.1 Å². The van der Waals surface area contributed by atoms with Crippen LogP contribution in [0.3, 0.4) is 0 Å². The van der Waals surface area contributed by atoms with E-state index in [4.69, 9.17) is 15.2 Å². The van der Waals surface area contributed by atoms with Gasteiger partial charge in [0.1, 0.15) is 0 Å². The van der Waals surface area contributed by atoms with Crippen LogP contribution in [-0.4, -0.2) is 48.1 Å². The highest BCUT2D eigenvalue weighted by Gasteiger charge is 2.32. The van der Waals surface area contributed by atoms with Crippen molar-refractivity contribution in [3.63, 3.8) is 0 Å². The third-order valence-corrected chi connectivity index (χ3v) is 8.55. The number of rotatable bonds is 15. The van der Waals surface area contributed by atoms with Gasteiger partial charge in [-0.25, -0.2) is 0 Å².